The maximum absolute atomic E-state index is 12.9. The molecule has 2 aromatic carbocycles. The molecule has 0 unspecified atom stereocenters. The van der Waals surface area contributed by atoms with Crippen LogP contribution in [0.15, 0.2) is 53.9 Å². The van der Waals surface area contributed by atoms with Crippen LogP contribution in [0.2, 0.25) is 0 Å². The summed E-state index contributed by atoms with van der Waals surface area (Å²) in [5.41, 5.74) is 7.86. The number of Topliss-reactive ketones (excluding diaryl/α,β-unsaturated/α-hetero) is 1. The highest BCUT2D eigenvalue weighted by Gasteiger charge is 2.48. The number of hydrogen-bond donors (Lipinski definition) is 1. The molecule has 4 aromatic rings. The fraction of sp³-hybridized carbons (Fsp3) is 0.550. The summed E-state index contributed by atoms with van der Waals surface area (Å²) in [5.74, 6) is 3.39. The Hall–Kier alpha value is -2.62. The molecule has 10 heteroatoms. The molecule has 7 nitrogen and oxygen atoms in total. The first kappa shape index (κ1) is 40.2. The number of halogens is 1. The van der Waals surface area contributed by atoms with Crippen molar-refractivity contribution in [2.24, 2.45) is 23.5 Å². The van der Waals surface area contributed by atoms with Gasteiger partial charge in [0.15, 0.2) is 5.78 Å². The van der Waals surface area contributed by atoms with Crippen molar-refractivity contribution in [2.75, 3.05) is 32.8 Å². The molecule has 6 fully saturated rings. The molecule has 0 aliphatic carbocycles. The van der Waals surface area contributed by atoms with Gasteiger partial charge in [-0.05, 0) is 151 Å². The molecule has 6 aliphatic heterocycles. The van der Waals surface area contributed by atoms with Crippen molar-refractivity contribution in [3.05, 3.63) is 64.4 Å². The second-order valence-corrected chi connectivity index (χ2v) is 16.9. The van der Waals surface area contributed by atoms with E-state index in [2.05, 4.69) is 86.2 Å². The summed E-state index contributed by atoms with van der Waals surface area (Å²) in [7, 11) is 0. The molecule has 2 aromatic heterocycles. The Morgan fingerprint density at radius 3 is 2.00 bits per heavy atom. The molecule has 2 N–H and O–H groups in total. The van der Waals surface area contributed by atoms with Gasteiger partial charge in [-0.15, -0.1) is 35.1 Å². The number of nitrogens with zero attached hydrogens (tertiary/aromatic N) is 2. The highest BCUT2D eigenvalue weighted by atomic mass is 35.5. The number of piperidine rings is 6. The topological polar surface area (TPSA) is 92.9 Å². The standard InChI is InChI=1S/C20H25NOS.C10H10OS.C9H18N2.CO2.ClH/c1-13-5-4-6-15-11-18(23-19(13)15)17(22)12-16-14-7-9-21(10-8-14)20(16,2)3;1-2-11-9-5-3-4-8-6-7-12-10(8)9;1-9(2)8(10)7-3-5-11(9)6-4-7;2-1-3;/h4-6,11,14,16H,7-10,12H2,1-3H3;3-7H,2H2,1H3;7-8H,3-6,10H2,1-2H3;;1H/t16-;;8-;;/m1.1../s1. The number of thiophene rings is 2. The van der Waals surface area contributed by atoms with Crippen LogP contribution < -0.4 is 10.5 Å². The summed E-state index contributed by atoms with van der Waals surface area (Å²) in [4.78, 5) is 35.3. The Balaban J connectivity index is 0.000000175. The first-order valence-electron chi connectivity index (χ1n) is 17.8. The van der Waals surface area contributed by atoms with Crippen LogP contribution in [-0.2, 0) is 9.59 Å². The van der Waals surface area contributed by atoms with Crippen LogP contribution in [0, 0.1) is 24.7 Å². The summed E-state index contributed by atoms with van der Waals surface area (Å²) in [6.07, 6.45) is 6.15. The zero-order chi connectivity index (χ0) is 35.3. The van der Waals surface area contributed by atoms with Crippen LogP contribution in [-0.4, -0.2) is 71.6 Å². The number of ether oxygens (including phenoxy) is 1. The van der Waals surface area contributed by atoms with E-state index in [1.54, 1.807) is 22.7 Å². The number of hydrogen-bond acceptors (Lipinski definition) is 9. The van der Waals surface area contributed by atoms with Crippen molar-refractivity contribution < 1.29 is 19.1 Å². The quantitative estimate of drug-likeness (QED) is 0.205. The number of nitrogens with two attached hydrogens (primary N) is 1. The third-order valence-electron chi connectivity index (χ3n) is 11.7. The van der Waals surface area contributed by atoms with Crippen molar-refractivity contribution in [3.63, 3.8) is 0 Å². The van der Waals surface area contributed by atoms with Gasteiger partial charge in [-0.25, -0.2) is 0 Å². The second kappa shape index (κ2) is 17.3. The smallest absolute Gasteiger partial charge is 0.373 e. The normalized spacial score (nSPS) is 26.5. The van der Waals surface area contributed by atoms with Crippen LogP contribution in [0.1, 0.15) is 82.0 Å². The number of carbonyl (C=O) groups is 1. The van der Waals surface area contributed by atoms with E-state index in [4.69, 9.17) is 20.1 Å². The van der Waals surface area contributed by atoms with Crippen LogP contribution in [0.4, 0.5) is 0 Å². The number of rotatable bonds is 5. The van der Waals surface area contributed by atoms with E-state index in [0.29, 0.717) is 24.2 Å². The van der Waals surface area contributed by atoms with Crippen LogP contribution in [0.25, 0.3) is 20.2 Å². The van der Waals surface area contributed by atoms with E-state index >= 15 is 0 Å². The average Bonchev–Trinajstić information content (AvgIpc) is 3.76. The molecule has 272 valence electrons. The number of carbonyl (C=O) groups excluding carboxylic acids is 3. The lowest BCUT2D eigenvalue weighted by molar-refractivity contribution is -0.191. The predicted molar refractivity (Wildman–Crippen MR) is 209 cm³/mol. The monoisotopic (exact) mass is 739 g/mol. The molecule has 6 saturated heterocycles. The molecule has 50 heavy (non-hydrogen) atoms. The van der Waals surface area contributed by atoms with Gasteiger partial charge in [0.2, 0.25) is 0 Å². The SMILES string of the molecule is CC1(C)[C@H](N)C2CCN1CC2.CCOc1cccc2ccsc12.Cc1cccc2cc(C(=O)C[C@@H]3C4CCN(CC4)C3(C)C)sc12.Cl.O=C=O. The molecule has 8 heterocycles. The van der Waals surface area contributed by atoms with Crippen molar-refractivity contribution in [1.29, 1.82) is 0 Å². The van der Waals surface area contributed by atoms with Crippen molar-refractivity contribution in [3.8, 4) is 5.75 Å². The molecule has 4 bridgehead atoms. The van der Waals surface area contributed by atoms with Crippen molar-refractivity contribution in [1.82, 2.24) is 9.80 Å². The molecular formula is C40H54ClN3O4S2. The van der Waals surface area contributed by atoms with Gasteiger partial charge in [-0.1, -0.05) is 30.3 Å². The predicted octanol–water partition coefficient (Wildman–Crippen LogP) is 8.86. The summed E-state index contributed by atoms with van der Waals surface area (Å²) in [6, 6.07) is 17.1. The van der Waals surface area contributed by atoms with Gasteiger partial charge in [0.1, 0.15) is 5.75 Å². The Morgan fingerprint density at radius 2 is 1.46 bits per heavy atom. The van der Waals surface area contributed by atoms with E-state index in [0.717, 1.165) is 29.1 Å². The lowest BCUT2D eigenvalue weighted by atomic mass is 9.65. The first-order valence-corrected chi connectivity index (χ1v) is 19.5. The zero-order valence-corrected chi connectivity index (χ0v) is 32.9. The minimum atomic E-state index is 0. The summed E-state index contributed by atoms with van der Waals surface area (Å²) >= 11 is 3.41. The molecule has 6 aliphatic rings. The third-order valence-corrected chi connectivity index (χ3v) is 13.9. The first-order chi connectivity index (χ1) is 23.4. The molecule has 0 saturated carbocycles. The van der Waals surface area contributed by atoms with Crippen LogP contribution >= 0.6 is 35.1 Å². The van der Waals surface area contributed by atoms with Gasteiger partial charge < -0.3 is 10.5 Å². The maximum atomic E-state index is 12.9. The minimum Gasteiger partial charge on any atom is -0.492 e. The van der Waals surface area contributed by atoms with E-state index in [-0.39, 0.29) is 29.6 Å². The number of benzene rings is 2. The lowest BCUT2D eigenvalue weighted by Gasteiger charge is -2.56. The van der Waals surface area contributed by atoms with E-state index in [1.807, 2.05) is 19.1 Å². The fourth-order valence-electron chi connectivity index (χ4n) is 8.61. The van der Waals surface area contributed by atoms with Crippen LogP contribution in [0.5, 0.6) is 5.75 Å². The summed E-state index contributed by atoms with van der Waals surface area (Å²) in [6.45, 7) is 19.1. The fourth-order valence-corrected chi connectivity index (χ4v) is 10.6. The van der Waals surface area contributed by atoms with Crippen LogP contribution in [0.3, 0.4) is 0 Å². The highest BCUT2D eigenvalue weighted by molar-refractivity contribution is 7.21. The van der Waals surface area contributed by atoms with Gasteiger partial charge >= 0.3 is 6.15 Å². The molecule has 0 spiro atoms. The van der Waals surface area contributed by atoms with Gasteiger partial charge in [0, 0.05) is 28.2 Å². The number of ketones is 1. The van der Waals surface area contributed by atoms with E-state index in [1.165, 1.54) is 77.6 Å². The molecule has 0 radical (unpaired) electrons. The Bertz CT molecular complexity index is 1740. The number of fused-ring (bicyclic) bond motifs is 8. The lowest BCUT2D eigenvalue weighted by Crippen LogP contribution is -2.67. The molecule has 2 atom stereocenters. The molecular weight excluding hydrogens is 686 g/mol. The number of aryl methyl sites for hydroxylation is 1. The summed E-state index contributed by atoms with van der Waals surface area (Å²) < 4.78 is 8.00. The van der Waals surface area contributed by atoms with E-state index < -0.39 is 0 Å². The maximum Gasteiger partial charge on any atom is 0.373 e. The largest absolute Gasteiger partial charge is 0.492 e. The van der Waals surface area contributed by atoms with Gasteiger partial charge in [-0.2, -0.15) is 9.59 Å². The summed E-state index contributed by atoms with van der Waals surface area (Å²) in [5, 5.41) is 4.57. The van der Waals surface area contributed by atoms with Crippen molar-refractivity contribution in [2.45, 2.75) is 90.8 Å². The molecule has 0 amide bonds. The molecule has 10 rings (SSSR count). The highest BCUT2D eigenvalue weighted by Crippen LogP contribution is 2.46. The Kier molecular flexibility index (Phi) is 13.9. The zero-order valence-electron chi connectivity index (χ0n) is 30.4. The second-order valence-electron chi connectivity index (χ2n) is 14.9. The minimum absolute atomic E-state index is 0. The van der Waals surface area contributed by atoms with E-state index in [9.17, 15) is 4.79 Å². The van der Waals surface area contributed by atoms with Gasteiger partial charge in [0.25, 0.3) is 0 Å². The third kappa shape index (κ3) is 8.53. The Morgan fingerprint density at radius 1 is 0.880 bits per heavy atom. The Labute approximate surface area is 311 Å². The van der Waals surface area contributed by atoms with Crippen molar-refractivity contribution >= 4 is 67.2 Å². The van der Waals surface area contributed by atoms with Gasteiger partial charge in [-0.3, -0.25) is 14.6 Å². The van der Waals surface area contributed by atoms with Gasteiger partial charge in [0.05, 0.1) is 16.2 Å². The average molecular weight is 740 g/mol.